The molecular weight excluding hydrogens is 336 g/mol. The quantitative estimate of drug-likeness (QED) is 0.911. The molecule has 2 aliphatic rings. The molecule has 0 bridgehead atoms. The van der Waals surface area contributed by atoms with Gasteiger partial charge in [0.25, 0.3) is 5.91 Å². The summed E-state index contributed by atoms with van der Waals surface area (Å²) in [5.41, 5.74) is 1.02. The first-order valence-electron chi connectivity index (χ1n) is 8.39. The van der Waals surface area contributed by atoms with Crippen molar-refractivity contribution in [1.82, 2.24) is 9.88 Å². The number of anilines is 2. The highest BCUT2D eigenvalue weighted by Crippen LogP contribution is 2.32. The summed E-state index contributed by atoms with van der Waals surface area (Å²) in [6.07, 6.45) is 1.54. The van der Waals surface area contributed by atoms with Gasteiger partial charge in [-0.25, -0.2) is 9.78 Å². The van der Waals surface area contributed by atoms with E-state index in [1.165, 1.54) is 0 Å². The number of likely N-dealkylation sites (N-methyl/N-ethyl adjacent to an activating group) is 1. The number of urea groups is 1. The number of carbonyl (C=O) groups excluding carboxylic acids is 2. The Morgan fingerprint density at radius 1 is 1.19 bits per heavy atom. The van der Waals surface area contributed by atoms with Crippen LogP contribution in [0.4, 0.5) is 16.3 Å². The molecule has 0 aliphatic carbocycles. The van der Waals surface area contributed by atoms with Gasteiger partial charge in [0.05, 0.1) is 11.9 Å². The molecule has 3 amide bonds. The molecule has 0 spiro atoms. The van der Waals surface area contributed by atoms with Crippen LogP contribution in [0.1, 0.15) is 17.3 Å². The number of fused-ring (bicyclic) bond motifs is 1. The molecule has 0 unspecified atom stereocenters. The van der Waals surface area contributed by atoms with Crippen LogP contribution in [0, 0.1) is 0 Å². The molecule has 2 aromatic rings. The molecule has 2 aliphatic heterocycles. The monoisotopic (exact) mass is 354 g/mol. The Hall–Kier alpha value is -3.29. The van der Waals surface area contributed by atoms with Crippen LogP contribution in [-0.2, 0) is 0 Å². The van der Waals surface area contributed by atoms with Crippen molar-refractivity contribution in [3.8, 4) is 11.5 Å². The van der Waals surface area contributed by atoms with Gasteiger partial charge >= 0.3 is 6.03 Å². The number of nitrogens with zero attached hydrogens (tertiary/aromatic N) is 3. The standard InChI is InChI=1S/C18H18N4O4/c1-2-21-7-8-22(18(21)24)16-6-4-13(10-19-16)20-17(23)12-3-5-14-15(9-12)26-11-25-14/h3-6,9-10H,2,7-8,11H2,1H3,(H,20,23). The first-order valence-corrected chi connectivity index (χ1v) is 8.39. The van der Waals surface area contributed by atoms with Crippen molar-refractivity contribution in [3.05, 3.63) is 42.1 Å². The van der Waals surface area contributed by atoms with Crippen molar-refractivity contribution in [2.45, 2.75) is 6.92 Å². The van der Waals surface area contributed by atoms with Gasteiger partial charge in [0, 0.05) is 25.2 Å². The van der Waals surface area contributed by atoms with Gasteiger partial charge in [-0.1, -0.05) is 0 Å². The number of ether oxygens (including phenoxy) is 2. The van der Waals surface area contributed by atoms with Crippen molar-refractivity contribution in [2.75, 3.05) is 36.6 Å². The molecule has 0 radical (unpaired) electrons. The number of amides is 3. The van der Waals surface area contributed by atoms with E-state index in [-0.39, 0.29) is 18.7 Å². The Morgan fingerprint density at radius 2 is 2.04 bits per heavy atom. The Kier molecular flexibility index (Phi) is 4.08. The van der Waals surface area contributed by atoms with Crippen molar-refractivity contribution in [3.63, 3.8) is 0 Å². The molecule has 26 heavy (non-hydrogen) atoms. The summed E-state index contributed by atoms with van der Waals surface area (Å²) >= 11 is 0. The zero-order valence-corrected chi connectivity index (χ0v) is 14.3. The molecule has 1 N–H and O–H groups in total. The van der Waals surface area contributed by atoms with Crippen LogP contribution in [0.2, 0.25) is 0 Å². The molecule has 1 aromatic heterocycles. The number of rotatable bonds is 4. The minimum atomic E-state index is -0.271. The van der Waals surface area contributed by atoms with Crippen molar-refractivity contribution in [1.29, 1.82) is 0 Å². The summed E-state index contributed by atoms with van der Waals surface area (Å²) < 4.78 is 10.5. The van der Waals surface area contributed by atoms with E-state index in [2.05, 4.69) is 10.3 Å². The van der Waals surface area contributed by atoms with Crippen LogP contribution in [0.25, 0.3) is 0 Å². The normalized spacial score (nSPS) is 15.5. The summed E-state index contributed by atoms with van der Waals surface area (Å²) in [6, 6.07) is 8.43. The molecule has 134 valence electrons. The minimum Gasteiger partial charge on any atom is -0.454 e. The van der Waals surface area contributed by atoms with E-state index in [0.29, 0.717) is 48.2 Å². The van der Waals surface area contributed by atoms with Gasteiger partial charge < -0.3 is 19.7 Å². The topological polar surface area (TPSA) is 84.0 Å². The van der Waals surface area contributed by atoms with E-state index in [0.717, 1.165) is 0 Å². The predicted molar refractivity (Wildman–Crippen MR) is 94.7 cm³/mol. The van der Waals surface area contributed by atoms with Crippen LogP contribution in [0.5, 0.6) is 11.5 Å². The number of hydrogen-bond acceptors (Lipinski definition) is 5. The van der Waals surface area contributed by atoms with Crippen LogP contribution >= 0.6 is 0 Å². The maximum Gasteiger partial charge on any atom is 0.325 e. The first kappa shape index (κ1) is 16.2. The van der Waals surface area contributed by atoms with Gasteiger partial charge in [0.1, 0.15) is 5.82 Å². The lowest BCUT2D eigenvalue weighted by atomic mass is 10.2. The van der Waals surface area contributed by atoms with Gasteiger partial charge in [0.2, 0.25) is 6.79 Å². The third kappa shape index (κ3) is 2.90. The highest BCUT2D eigenvalue weighted by atomic mass is 16.7. The number of hydrogen-bond donors (Lipinski definition) is 1. The lowest BCUT2D eigenvalue weighted by Gasteiger charge is -2.16. The minimum absolute atomic E-state index is 0.0443. The van der Waals surface area contributed by atoms with Crippen LogP contribution in [0.15, 0.2) is 36.5 Å². The van der Waals surface area contributed by atoms with Crippen LogP contribution < -0.4 is 19.7 Å². The third-order valence-electron chi connectivity index (χ3n) is 4.39. The third-order valence-corrected chi connectivity index (χ3v) is 4.39. The first-order chi connectivity index (χ1) is 12.7. The summed E-state index contributed by atoms with van der Waals surface area (Å²) in [6.45, 7) is 4.10. The van der Waals surface area contributed by atoms with E-state index in [4.69, 9.17) is 9.47 Å². The van der Waals surface area contributed by atoms with Crippen molar-refractivity contribution >= 4 is 23.4 Å². The van der Waals surface area contributed by atoms with Crippen LogP contribution in [0.3, 0.4) is 0 Å². The fourth-order valence-electron chi connectivity index (χ4n) is 2.95. The maximum atomic E-state index is 12.4. The number of carbonyl (C=O) groups is 2. The Balaban J connectivity index is 1.44. The van der Waals surface area contributed by atoms with Gasteiger partial charge in [-0.2, -0.15) is 0 Å². The molecule has 0 atom stereocenters. The van der Waals surface area contributed by atoms with Gasteiger partial charge in [-0.3, -0.25) is 9.69 Å². The fraction of sp³-hybridized carbons (Fsp3) is 0.278. The molecule has 8 heteroatoms. The highest BCUT2D eigenvalue weighted by molar-refractivity contribution is 6.04. The number of pyridine rings is 1. The zero-order chi connectivity index (χ0) is 18.1. The fourth-order valence-corrected chi connectivity index (χ4v) is 2.95. The summed E-state index contributed by atoms with van der Waals surface area (Å²) in [4.78, 5) is 32.3. The second-order valence-electron chi connectivity index (χ2n) is 5.94. The van der Waals surface area contributed by atoms with E-state index in [1.807, 2.05) is 6.92 Å². The maximum absolute atomic E-state index is 12.4. The Morgan fingerprint density at radius 3 is 2.77 bits per heavy atom. The van der Waals surface area contributed by atoms with E-state index in [1.54, 1.807) is 46.3 Å². The largest absolute Gasteiger partial charge is 0.454 e. The lowest BCUT2D eigenvalue weighted by Crippen LogP contribution is -2.32. The molecule has 4 rings (SSSR count). The number of nitrogens with one attached hydrogen (secondary N) is 1. The molecule has 3 heterocycles. The second-order valence-corrected chi connectivity index (χ2v) is 5.94. The average molecular weight is 354 g/mol. The number of benzene rings is 1. The van der Waals surface area contributed by atoms with E-state index >= 15 is 0 Å². The van der Waals surface area contributed by atoms with Crippen molar-refractivity contribution < 1.29 is 19.1 Å². The molecule has 1 aromatic carbocycles. The summed E-state index contributed by atoms with van der Waals surface area (Å²) in [5, 5.41) is 2.79. The molecule has 0 saturated carbocycles. The highest BCUT2D eigenvalue weighted by Gasteiger charge is 2.29. The van der Waals surface area contributed by atoms with Gasteiger partial charge in [-0.05, 0) is 37.3 Å². The van der Waals surface area contributed by atoms with Gasteiger partial charge in [-0.15, -0.1) is 0 Å². The van der Waals surface area contributed by atoms with Crippen LogP contribution in [-0.4, -0.2) is 48.2 Å². The Labute approximate surface area is 150 Å². The summed E-state index contributed by atoms with van der Waals surface area (Å²) in [7, 11) is 0. The SMILES string of the molecule is CCN1CCN(c2ccc(NC(=O)c3ccc4c(c3)OCO4)cn2)C1=O. The molecule has 1 saturated heterocycles. The van der Waals surface area contributed by atoms with Gasteiger partial charge in [0.15, 0.2) is 11.5 Å². The predicted octanol–water partition coefficient (Wildman–Crippen LogP) is 2.32. The van der Waals surface area contributed by atoms with Crippen molar-refractivity contribution in [2.24, 2.45) is 0 Å². The number of aromatic nitrogens is 1. The smallest absolute Gasteiger partial charge is 0.325 e. The molecule has 8 nitrogen and oxygen atoms in total. The Bertz CT molecular complexity index is 853. The summed E-state index contributed by atoms with van der Waals surface area (Å²) in [5.74, 6) is 1.49. The van der Waals surface area contributed by atoms with E-state index < -0.39 is 0 Å². The lowest BCUT2D eigenvalue weighted by molar-refractivity contribution is 0.102. The molecule has 1 fully saturated rings. The molecular formula is C18H18N4O4. The average Bonchev–Trinajstić information content (AvgIpc) is 3.28. The van der Waals surface area contributed by atoms with E-state index in [9.17, 15) is 9.59 Å². The zero-order valence-electron chi connectivity index (χ0n) is 14.3. The second kappa shape index (κ2) is 6.55.